The van der Waals surface area contributed by atoms with Gasteiger partial charge in [0.1, 0.15) is 5.60 Å². The highest BCUT2D eigenvalue weighted by Crippen LogP contribution is 2.35. The Hall–Kier alpha value is -3.48. The van der Waals surface area contributed by atoms with Gasteiger partial charge in [-0.15, -0.1) is 0 Å². The summed E-state index contributed by atoms with van der Waals surface area (Å²) >= 11 is 0.917. The van der Waals surface area contributed by atoms with E-state index in [4.69, 9.17) is 4.74 Å². The number of likely N-dealkylation sites (tertiary alicyclic amines) is 1. The number of hydrogen-bond acceptors (Lipinski definition) is 8. The highest BCUT2D eigenvalue weighted by molar-refractivity contribution is 7.21. The molecule has 43 heavy (non-hydrogen) atoms. The van der Waals surface area contributed by atoms with Crippen molar-refractivity contribution in [2.24, 2.45) is 5.92 Å². The summed E-state index contributed by atoms with van der Waals surface area (Å²) in [4.78, 5) is 50.6. The van der Waals surface area contributed by atoms with Gasteiger partial charge >= 0.3 is 12.3 Å². The molecule has 1 atom stereocenters. The molecule has 5 rings (SSSR count). The van der Waals surface area contributed by atoms with E-state index in [0.29, 0.717) is 61.4 Å². The number of nitrogens with zero attached hydrogens (tertiary/aromatic N) is 5. The van der Waals surface area contributed by atoms with Crippen LogP contribution in [0.2, 0.25) is 0 Å². The number of carbonyl (C=O) groups is 2. The van der Waals surface area contributed by atoms with Crippen molar-refractivity contribution in [2.75, 3.05) is 24.5 Å². The number of rotatable bonds is 7. The molecule has 4 heterocycles. The van der Waals surface area contributed by atoms with E-state index >= 15 is 0 Å². The Morgan fingerprint density at radius 2 is 1.72 bits per heavy atom. The molecule has 9 nitrogen and oxygen atoms in total. The number of fused-ring (bicyclic) bond motifs is 1. The number of aryl methyl sites for hydroxylation is 1. The van der Waals surface area contributed by atoms with Crippen LogP contribution in [0.1, 0.15) is 64.3 Å². The predicted octanol–water partition coefficient (Wildman–Crippen LogP) is 5.69. The van der Waals surface area contributed by atoms with Crippen molar-refractivity contribution in [1.29, 1.82) is 0 Å². The number of halogens is 3. The summed E-state index contributed by atoms with van der Waals surface area (Å²) in [6.07, 6.45) is -2.17. The molecule has 0 aliphatic carbocycles. The van der Waals surface area contributed by atoms with Crippen molar-refractivity contribution >= 4 is 38.7 Å². The molecular formula is C30H36F3N5O4S. The summed E-state index contributed by atoms with van der Waals surface area (Å²) in [5.74, 6) is -1.48. The van der Waals surface area contributed by atoms with Gasteiger partial charge in [-0.25, -0.2) is 14.8 Å². The van der Waals surface area contributed by atoms with Gasteiger partial charge in [0, 0.05) is 32.6 Å². The standard InChI is InChI=1S/C30H36F3N5O4S/c1-29(2,3)42-28(41)36-16-13-20(14-17-36)18-38-25(40)23-24(35-26(38)30(31,32)33)43-27(34-23)37-15-7-10-21(37)22(39)12-11-19-8-5-4-6-9-19/h4-6,8-9,20-21H,7,10-18H2,1-3H3/t21-/m1/s1. The van der Waals surface area contributed by atoms with Gasteiger partial charge in [0.2, 0.25) is 5.82 Å². The van der Waals surface area contributed by atoms with Crippen molar-refractivity contribution in [2.45, 2.75) is 83.7 Å². The van der Waals surface area contributed by atoms with E-state index in [2.05, 4.69) is 9.97 Å². The number of carbonyl (C=O) groups excluding carboxylic acids is 2. The third-order valence-corrected chi connectivity index (χ3v) is 8.83. The monoisotopic (exact) mass is 619 g/mol. The number of piperidine rings is 1. The normalized spacial score (nSPS) is 18.4. The number of amides is 1. The van der Waals surface area contributed by atoms with E-state index < -0.39 is 35.3 Å². The summed E-state index contributed by atoms with van der Waals surface area (Å²) in [6.45, 7) is 6.28. The largest absolute Gasteiger partial charge is 0.449 e. The molecule has 2 aliphatic heterocycles. The lowest BCUT2D eigenvalue weighted by molar-refractivity contribution is -0.148. The molecule has 0 saturated carbocycles. The number of ether oxygens (including phenoxy) is 1. The van der Waals surface area contributed by atoms with Gasteiger partial charge in [-0.1, -0.05) is 41.7 Å². The second kappa shape index (κ2) is 12.3. The first-order valence-corrected chi connectivity index (χ1v) is 15.4. The third-order valence-electron chi connectivity index (χ3n) is 7.84. The van der Waals surface area contributed by atoms with Gasteiger partial charge in [0.05, 0.1) is 6.04 Å². The lowest BCUT2D eigenvalue weighted by Gasteiger charge is -2.33. The molecule has 2 saturated heterocycles. The molecular weight excluding hydrogens is 583 g/mol. The number of benzene rings is 1. The first kappa shape index (κ1) is 31.0. The molecule has 0 radical (unpaired) electrons. The molecule has 2 fully saturated rings. The summed E-state index contributed by atoms with van der Waals surface area (Å²) in [6, 6.07) is 9.25. The lowest BCUT2D eigenvalue weighted by atomic mass is 9.97. The van der Waals surface area contributed by atoms with E-state index in [-0.39, 0.29) is 28.6 Å². The second-order valence-corrected chi connectivity index (χ2v) is 13.2. The highest BCUT2D eigenvalue weighted by Gasteiger charge is 2.40. The maximum absolute atomic E-state index is 14.2. The Kier molecular flexibility index (Phi) is 8.82. The summed E-state index contributed by atoms with van der Waals surface area (Å²) < 4.78 is 48.6. The number of ketones is 1. The number of Topliss-reactive ketones (excluding diaryl/α,β-unsaturated/α-hetero) is 1. The topological polar surface area (TPSA) is 97.6 Å². The van der Waals surface area contributed by atoms with Crippen LogP contribution in [-0.2, 0) is 28.7 Å². The minimum absolute atomic E-state index is 0.0414. The third kappa shape index (κ3) is 7.19. The minimum Gasteiger partial charge on any atom is -0.444 e. The van der Waals surface area contributed by atoms with Crippen LogP contribution in [0.3, 0.4) is 0 Å². The average molecular weight is 620 g/mol. The summed E-state index contributed by atoms with van der Waals surface area (Å²) in [7, 11) is 0. The minimum atomic E-state index is -4.85. The molecule has 232 valence electrons. The lowest BCUT2D eigenvalue weighted by Crippen LogP contribution is -2.43. The van der Waals surface area contributed by atoms with Gasteiger partial charge < -0.3 is 14.5 Å². The number of anilines is 1. The molecule has 1 amide bonds. The predicted molar refractivity (Wildman–Crippen MR) is 157 cm³/mol. The van der Waals surface area contributed by atoms with E-state index in [9.17, 15) is 27.6 Å². The van der Waals surface area contributed by atoms with Crippen LogP contribution >= 0.6 is 11.3 Å². The molecule has 0 N–H and O–H groups in total. The zero-order chi connectivity index (χ0) is 30.9. The molecule has 2 aliphatic rings. The summed E-state index contributed by atoms with van der Waals surface area (Å²) in [5, 5.41) is 0.340. The summed E-state index contributed by atoms with van der Waals surface area (Å²) in [5.41, 5.74) is -0.566. The Morgan fingerprint density at radius 3 is 2.37 bits per heavy atom. The van der Waals surface area contributed by atoms with E-state index in [1.807, 2.05) is 35.2 Å². The zero-order valence-electron chi connectivity index (χ0n) is 24.5. The quantitative estimate of drug-likeness (QED) is 0.335. The first-order valence-electron chi connectivity index (χ1n) is 14.6. The van der Waals surface area contributed by atoms with Crippen molar-refractivity contribution in [1.82, 2.24) is 19.4 Å². The second-order valence-electron chi connectivity index (χ2n) is 12.2. The van der Waals surface area contributed by atoms with Crippen LogP contribution in [0.4, 0.5) is 23.1 Å². The van der Waals surface area contributed by atoms with Gasteiger partial charge in [0.15, 0.2) is 21.3 Å². The van der Waals surface area contributed by atoms with Crippen molar-refractivity contribution < 1.29 is 27.5 Å². The molecule has 13 heteroatoms. The zero-order valence-corrected chi connectivity index (χ0v) is 25.3. The van der Waals surface area contributed by atoms with Crippen molar-refractivity contribution in [3.8, 4) is 0 Å². The molecule has 3 aromatic rings. The first-order chi connectivity index (χ1) is 20.3. The fourth-order valence-corrected chi connectivity index (χ4v) is 6.70. The molecule has 0 unspecified atom stereocenters. The SMILES string of the molecule is CC(C)(C)OC(=O)N1CCC(Cn2c(C(F)(F)F)nc3sc(N4CCC[C@@H]4C(=O)CCc4ccccc4)nc3c2=O)CC1. The maximum Gasteiger partial charge on any atom is 0.449 e. The van der Waals surface area contributed by atoms with Gasteiger partial charge in [-0.3, -0.25) is 14.2 Å². The van der Waals surface area contributed by atoms with Gasteiger partial charge in [-0.2, -0.15) is 13.2 Å². The fourth-order valence-electron chi connectivity index (χ4n) is 5.70. The van der Waals surface area contributed by atoms with E-state index in [1.165, 1.54) is 4.90 Å². The van der Waals surface area contributed by atoms with Crippen LogP contribution < -0.4 is 10.5 Å². The van der Waals surface area contributed by atoms with Gasteiger partial charge in [-0.05, 0) is 64.4 Å². The Bertz CT molecular complexity index is 1520. The van der Waals surface area contributed by atoms with Crippen molar-refractivity contribution in [3.63, 3.8) is 0 Å². The maximum atomic E-state index is 14.2. The molecule has 1 aromatic carbocycles. The Labute approximate surface area is 251 Å². The van der Waals surface area contributed by atoms with Crippen LogP contribution in [-0.4, -0.2) is 62.6 Å². The van der Waals surface area contributed by atoms with E-state index in [1.54, 1.807) is 20.8 Å². The Balaban J connectivity index is 1.35. The molecule has 0 spiro atoms. The smallest absolute Gasteiger partial charge is 0.444 e. The molecule has 2 aromatic heterocycles. The van der Waals surface area contributed by atoms with Crippen LogP contribution in [0.15, 0.2) is 35.1 Å². The number of aromatic nitrogens is 3. The molecule has 0 bridgehead atoms. The Morgan fingerprint density at radius 1 is 1.02 bits per heavy atom. The number of thiazole rings is 1. The van der Waals surface area contributed by atoms with Gasteiger partial charge in [0.25, 0.3) is 5.56 Å². The average Bonchev–Trinajstić information content (AvgIpc) is 3.60. The fraction of sp³-hybridized carbons (Fsp3) is 0.567. The van der Waals surface area contributed by atoms with Crippen LogP contribution in [0, 0.1) is 5.92 Å². The number of hydrogen-bond donors (Lipinski definition) is 0. The van der Waals surface area contributed by atoms with Crippen molar-refractivity contribution in [3.05, 3.63) is 52.1 Å². The van der Waals surface area contributed by atoms with Crippen LogP contribution in [0.25, 0.3) is 10.3 Å². The highest BCUT2D eigenvalue weighted by atomic mass is 32.1. The number of alkyl halides is 3. The van der Waals surface area contributed by atoms with Crippen LogP contribution in [0.5, 0.6) is 0 Å². The van der Waals surface area contributed by atoms with E-state index in [0.717, 1.165) is 23.3 Å².